The Morgan fingerprint density at radius 1 is 1.30 bits per heavy atom. The van der Waals surface area contributed by atoms with E-state index in [-0.39, 0.29) is 5.91 Å². The van der Waals surface area contributed by atoms with Gasteiger partial charge in [0.25, 0.3) is 5.91 Å². The lowest BCUT2D eigenvalue weighted by Crippen LogP contribution is -2.48. The Hall–Kier alpha value is -1.88. The molecule has 1 aliphatic heterocycles. The standard InChI is InChI=1S/C15H19N3O2/c1-3-17-6-8-18(9-7-17)15(19)12-4-5-14-13(10-12)16-11(2)20-14/h4-5,10H,3,6-9H2,1-2H3. The van der Waals surface area contributed by atoms with Gasteiger partial charge in [0, 0.05) is 38.7 Å². The molecule has 5 nitrogen and oxygen atoms in total. The topological polar surface area (TPSA) is 49.6 Å². The summed E-state index contributed by atoms with van der Waals surface area (Å²) in [7, 11) is 0. The number of fused-ring (bicyclic) bond motifs is 1. The third-order valence-electron chi connectivity index (χ3n) is 3.85. The lowest BCUT2D eigenvalue weighted by molar-refractivity contribution is 0.0643. The first-order chi connectivity index (χ1) is 9.67. The number of nitrogens with zero attached hydrogens (tertiary/aromatic N) is 3. The number of piperazine rings is 1. The molecule has 0 N–H and O–H groups in total. The van der Waals surface area contributed by atoms with E-state index >= 15 is 0 Å². The first kappa shape index (κ1) is 13.1. The van der Waals surface area contributed by atoms with Crippen molar-refractivity contribution in [1.82, 2.24) is 14.8 Å². The van der Waals surface area contributed by atoms with Crippen LogP contribution in [0.3, 0.4) is 0 Å². The highest BCUT2D eigenvalue weighted by atomic mass is 16.3. The summed E-state index contributed by atoms with van der Waals surface area (Å²) < 4.78 is 5.43. The highest BCUT2D eigenvalue weighted by molar-refractivity contribution is 5.97. The summed E-state index contributed by atoms with van der Waals surface area (Å²) in [5.41, 5.74) is 2.17. The Morgan fingerprint density at radius 2 is 2.05 bits per heavy atom. The molecule has 1 aromatic carbocycles. The van der Waals surface area contributed by atoms with Gasteiger partial charge in [-0.15, -0.1) is 0 Å². The number of rotatable bonds is 2. The molecule has 1 amide bonds. The second-order valence-corrected chi connectivity index (χ2v) is 5.14. The molecule has 0 radical (unpaired) electrons. The van der Waals surface area contributed by atoms with Crippen molar-refractivity contribution in [3.05, 3.63) is 29.7 Å². The molecule has 20 heavy (non-hydrogen) atoms. The molecule has 2 aromatic rings. The summed E-state index contributed by atoms with van der Waals surface area (Å²) >= 11 is 0. The Kier molecular flexibility index (Phi) is 3.44. The molecule has 0 atom stereocenters. The van der Waals surface area contributed by atoms with Crippen LogP contribution in [-0.2, 0) is 0 Å². The van der Waals surface area contributed by atoms with E-state index in [1.807, 2.05) is 30.0 Å². The Morgan fingerprint density at radius 3 is 2.75 bits per heavy atom. The number of aryl methyl sites for hydroxylation is 1. The number of hydrogen-bond donors (Lipinski definition) is 0. The number of likely N-dealkylation sites (N-methyl/N-ethyl adjacent to an activating group) is 1. The van der Waals surface area contributed by atoms with Gasteiger partial charge in [0.05, 0.1) is 0 Å². The average molecular weight is 273 g/mol. The fourth-order valence-corrected chi connectivity index (χ4v) is 2.63. The summed E-state index contributed by atoms with van der Waals surface area (Å²) in [6, 6.07) is 5.46. The molecule has 106 valence electrons. The number of amides is 1. The van der Waals surface area contributed by atoms with Gasteiger partial charge in [0.15, 0.2) is 11.5 Å². The van der Waals surface area contributed by atoms with Crippen molar-refractivity contribution < 1.29 is 9.21 Å². The van der Waals surface area contributed by atoms with Crippen LogP contribution >= 0.6 is 0 Å². The van der Waals surface area contributed by atoms with Crippen LogP contribution in [0.5, 0.6) is 0 Å². The second kappa shape index (κ2) is 5.25. The summed E-state index contributed by atoms with van der Waals surface area (Å²) in [4.78, 5) is 21.0. The molecule has 1 saturated heterocycles. The number of carbonyl (C=O) groups excluding carboxylic acids is 1. The van der Waals surface area contributed by atoms with Crippen LogP contribution in [0.2, 0.25) is 0 Å². The van der Waals surface area contributed by atoms with Crippen molar-refractivity contribution in [3.8, 4) is 0 Å². The zero-order valence-electron chi connectivity index (χ0n) is 11.9. The van der Waals surface area contributed by atoms with Crippen LogP contribution < -0.4 is 0 Å². The van der Waals surface area contributed by atoms with Gasteiger partial charge in [-0.3, -0.25) is 4.79 Å². The molecule has 0 saturated carbocycles. The zero-order valence-corrected chi connectivity index (χ0v) is 11.9. The van der Waals surface area contributed by atoms with Crippen LogP contribution in [-0.4, -0.2) is 53.4 Å². The van der Waals surface area contributed by atoms with E-state index in [2.05, 4.69) is 16.8 Å². The third kappa shape index (κ3) is 2.41. The minimum absolute atomic E-state index is 0.0864. The van der Waals surface area contributed by atoms with E-state index in [0.29, 0.717) is 11.5 Å². The fraction of sp³-hybridized carbons (Fsp3) is 0.467. The van der Waals surface area contributed by atoms with Crippen LogP contribution in [0.1, 0.15) is 23.2 Å². The molecule has 1 aromatic heterocycles. The number of aromatic nitrogens is 1. The first-order valence-electron chi connectivity index (χ1n) is 7.06. The van der Waals surface area contributed by atoms with Gasteiger partial charge in [-0.2, -0.15) is 0 Å². The summed E-state index contributed by atoms with van der Waals surface area (Å²) in [6.07, 6.45) is 0. The van der Waals surface area contributed by atoms with Gasteiger partial charge in [-0.05, 0) is 24.7 Å². The molecule has 0 bridgehead atoms. The van der Waals surface area contributed by atoms with Crippen molar-refractivity contribution >= 4 is 17.0 Å². The van der Waals surface area contributed by atoms with Crippen LogP contribution in [0.4, 0.5) is 0 Å². The summed E-state index contributed by atoms with van der Waals surface area (Å²) in [6.45, 7) is 8.50. The molecule has 0 unspecified atom stereocenters. The highest BCUT2D eigenvalue weighted by Crippen LogP contribution is 2.18. The quantitative estimate of drug-likeness (QED) is 0.838. The average Bonchev–Trinajstić information content (AvgIpc) is 2.85. The summed E-state index contributed by atoms with van der Waals surface area (Å²) in [5, 5.41) is 0. The van der Waals surface area contributed by atoms with Crippen LogP contribution in [0.25, 0.3) is 11.1 Å². The van der Waals surface area contributed by atoms with Gasteiger partial charge in [-0.25, -0.2) is 4.98 Å². The second-order valence-electron chi connectivity index (χ2n) is 5.14. The number of carbonyl (C=O) groups is 1. The first-order valence-corrected chi connectivity index (χ1v) is 7.06. The van der Waals surface area contributed by atoms with Crippen LogP contribution in [0, 0.1) is 6.92 Å². The third-order valence-corrected chi connectivity index (χ3v) is 3.85. The maximum atomic E-state index is 12.5. The molecule has 3 rings (SSSR count). The molecule has 0 aliphatic carbocycles. The van der Waals surface area contributed by atoms with Gasteiger partial charge in [-0.1, -0.05) is 6.92 Å². The maximum Gasteiger partial charge on any atom is 0.254 e. The van der Waals surface area contributed by atoms with Crippen molar-refractivity contribution in [3.63, 3.8) is 0 Å². The molecular formula is C15H19N3O2. The Labute approximate surface area is 118 Å². The van der Waals surface area contributed by atoms with E-state index in [0.717, 1.165) is 43.8 Å². The van der Waals surface area contributed by atoms with E-state index in [1.54, 1.807) is 0 Å². The molecule has 1 aliphatic rings. The SMILES string of the molecule is CCN1CCN(C(=O)c2ccc3oc(C)nc3c2)CC1. The van der Waals surface area contributed by atoms with E-state index < -0.39 is 0 Å². The van der Waals surface area contributed by atoms with Gasteiger partial charge in [0.1, 0.15) is 5.52 Å². The number of benzene rings is 1. The largest absolute Gasteiger partial charge is 0.441 e. The van der Waals surface area contributed by atoms with Crippen LogP contribution in [0.15, 0.2) is 22.6 Å². The maximum absolute atomic E-state index is 12.5. The summed E-state index contributed by atoms with van der Waals surface area (Å²) in [5.74, 6) is 0.712. The monoisotopic (exact) mass is 273 g/mol. The zero-order chi connectivity index (χ0) is 14.1. The normalized spacial score (nSPS) is 16.8. The van der Waals surface area contributed by atoms with E-state index in [9.17, 15) is 4.79 Å². The highest BCUT2D eigenvalue weighted by Gasteiger charge is 2.21. The van der Waals surface area contributed by atoms with Crippen molar-refractivity contribution in [2.24, 2.45) is 0 Å². The molecular weight excluding hydrogens is 254 g/mol. The lowest BCUT2D eigenvalue weighted by atomic mass is 10.1. The predicted molar refractivity (Wildman–Crippen MR) is 76.8 cm³/mol. The number of oxazole rings is 1. The molecule has 0 spiro atoms. The fourth-order valence-electron chi connectivity index (χ4n) is 2.63. The van der Waals surface area contributed by atoms with Gasteiger partial charge in [0.2, 0.25) is 0 Å². The van der Waals surface area contributed by atoms with E-state index in [1.165, 1.54) is 0 Å². The molecule has 2 heterocycles. The smallest absolute Gasteiger partial charge is 0.254 e. The van der Waals surface area contributed by atoms with E-state index in [4.69, 9.17) is 4.42 Å². The Balaban J connectivity index is 1.78. The molecule has 5 heteroatoms. The van der Waals surface area contributed by atoms with Crippen molar-refractivity contribution in [1.29, 1.82) is 0 Å². The number of hydrogen-bond acceptors (Lipinski definition) is 4. The lowest BCUT2D eigenvalue weighted by Gasteiger charge is -2.34. The van der Waals surface area contributed by atoms with Gasteiger partial charge >= 0.3 is 0 Å². The van der Waals surface area contributed by atoms with Gasteiger partial charge < -0.3 is 14.2 Å². The predicted octanol–water partition coefficient (Wildman–Crippen LogP) is 1.91. The van der Waals surface area contributed by atoms with Crippen molar-refractivity contribution in [2.45, 2.75) is 13.8 Å². The minimum atomic E-state index is 0.0864. The molecule has 1 fully saturated rings. The Bertz CT molecular complexity index is 627. The van der Waals surface area contributed by atoms with Crippen molar-refractivity contribution in [2.75, 3.05) is 32.7 Å². The minimum Gasteiger partial charge on any atom is -0.441 e.